The molecule has 0 bridgehead atoms. The molecule has 0 radical (unpaired) electrons. The Morgan fingerprint density at radius 1 is 1.35 bits per heavy atom. The minimum Gasteiger partial charge on any atom is -0.494 e. The number of alkyl halides is 2. The van der Waals surface area contributed by atoms with Crippen molar-refractivity contribution in [2.24, 2.45) is 0 Å². The molecule has 0 aliphatic carbocycles. The Morgan fingerprint density at radius 3 is 2.65 bits per heavy atom. The summed E-state index contributed by atoms with van der Waals surface area (Å²) in [5.74, 6) is 0.462. The third kappa shape index (κ3) is 6.29. The molecule has 4 nitrogen and oxygen atoms in total. The van der Waals surface area contributed by atoms with E-state index in [1.165, 1.54) is 17.0 Å². The molecule has 1 aromatic rings. The van der Waals surface area contributed by atoms with E-state index in [1.54, 1.807) is 19.2 Å². The van der Waals surface area contributed by atoms with Gasteiger partial charge in [-0.1, -0.05) is 6.07 Å². The van der Waals surface area contributed by atoms with Crippen LogP contribution in [0, 0.1) is 0 Å². The van der Waals surface area contributed by atoms with Crippen LogP contribution in [0.1, 0.15) is 6.42 Å². The maximum absolute atomic E-state index is 12.1. The van der Waals surface area contributed by atoms with Crippen LogP contribution in [0.3, 0.4) is 0 Å². The van der Waals surface area contributed by atoms with Gasteiger partial charge in [-0.15, -0.1) is 0 Å². The molecule has 0 saturated heterocycles. The fourth-order valence-electron chi connectivity index (χ4n) is 1.65. The van der Waals surface area contributed by atoms with Gasteiger partial charge in [0, 0.05) is 12.8 Å². The summed E-state index contributed by atoms with van der Waals surface area (Å²) in [5, 5.41) is 0. The molecule has 1 aromatic carbocycles. The van der Waals surface area contributed by atoms with Crippen molar-refractivity contribution in [3.05, 3.63) is 24.3 Å². The summed E-state index contributed by atoms with van der Waals surface area (Å²) in [6.07, 6.45) is -0.620. The second kappa shape index (κ2) is 7.54. The molecular weight excluding hydrogens is 288 g/mol. The molecule has 0 fully saturated rings. The Hall–Kier alpha value is -1.21. The maximum Gasteiger partial charge on any atom is 0.251 e. The van der Waals surface area contributed by atoms with Crippen LogP contribution < -0.4 is 4.74 Å². The zero-order valence-corrected chi connectivity index (χ0v) is 12.4. The van der Waals surface area contributed by atoms with E-state index in [-0.39, 0.29) is 11.4 Å². The van der Waals surface area contributed by atoms with Gasteiger partial charge in [-0.2, -0.15) is 0 Å². The van der Waals surface area contributed by atoms with E-state index in [0.29, 0.717) is 25.3 Å². The molecule has 0 heterocycles. The lowest BCUT2D eigenvalue weighted by Gasteiger charge is -2.15. The third-order valence-electron chi connectivity index (χ3n) is 2.64. The van der Waals surface area contributed by atoms with Crippen LogP contribution in [-0.2, 0) is 9.84 Å². The van der Waals surface area contributed by atoms with Crippen LogP contribution in [0.4, 0.5) is 8.78 Å². The minimum absolute atomic E-state index is 0.199. The molecule has 1 rings (SSSR count). The second-order valence-corrected chi connectivity index (χ2v) is 6.62. The van der Waals surface area contributed by atoms with Crippen molar-refractivity contribution < 1.29 is 21.9 Å². The summed E-state index contributed by atoms with van der Waals surface area (Å²) in [5.41, 5.74) is 0. The van der Waals surface area contributed by atoms with Crippen LogP contribution in [0.5, 0.6) is 5.75 Å². The van der Waals surface area contributed by atoms with Crippen molar-refractivity contribution in [3.8, 4) is 5.75 Å². The zero-order valence-electron chi connectivity index (χ0n) is 11.6. The summed E-state index contributed by atoms with van der Waals surface area (Å²) < 4.78 is 52.3. The van der Waals surface area contributed by atoms with E-state index in [4.69, 9.17) is 4.74 Å². The molecule has 0 aromatic heterocycles. The molecule has 0 amide bonds. The summed E-state index contributed by atoms with van der Waals surface area (Å²) in [7, 11) is -1.63. The second-order valence-electron chi connectivity index (χ2n) is 4.60. The van der Waals surface area contributed by atoms with E-state index < -0.39 is 16.3 Å². The SMILES string of the molecule is CN(CCCOc1cccc(S(C)(=O)=O)c1)CC(F)F. The number of hydrogen-bond donors (Lipinski definition) is 0. The summed E-state index contributed by atoms with van der Waals surface area (Å²) in [6.45, 7) is 0.584. The molecule has 0 aliphatic rings. The average Bonchev–Trinajstić information content (AvgIpc) is 2.33. The number of nitrogens with zero attached hydrogens (tertiary/aromatic N) is 1. The number of sulfone groups is 1. The van der Waals surface area contributed by atoms with E-state index in [9.17, 15) is 17.2 Å². The smallest absolute Gasteiger partial charge is 0.251 e. The average molecular weight is 307 g/mol. The highest BCUT2D eigenvalue weighted by Crippen LogP contribution is 2.17. The highest BCUT2D eigenvalue weighted by atomic mass is 32.2. The number of halogens is 2. The Balaban J connectivity index is 2.40. The largest absolute Gasteiger partial charge is 0.494 e. The normalized spacial score (nSPS) is 12.1. The Morgan fingerprint density at radius 2 is 2.05 bits per heavy atom. The molecule has 0 atom stereocenters. The zero-order chi connectivity index (χ0) is 15.2. The van der Waals surface area contributed by atoms with Crippen LogP contribution in [-0.4, -0.2) is 52.7 Å². The van der Waals surface area contributed by atoms with Gasteiger partial charge in [0.2, 0.25) is 0 Å². The van der Waals surface area contributed by atoms with Gasteiger partial charge in [0.15, 0.2) is 9.84 Å². The standard InChI is InChI=1S/C13H19F2NO3S/c1-16(10-13(14)15)7-4-8-19-11-5-3-6-12(9-11)20(2,17)18/h3,5-6,9,13H,4,7-8,10H2,1-2H3. The van der Waals surface area contributed by atoms with E-state index in [2.05, 4.69) is 0 Å². The molecular formula is C13H19F2NO3S. The van der Waals surface area contributed by atoms with E-state index in [1.807, 2.05) is 0 Å². The van der Waals surface area contributed by atoms with Gasteiger partial charge < -0.3 is 9.64 Å². The first-order valence-corrected chi connectivity index (χ1v) is 8.08. The number of rotatable bonds is 8. The summed E-state index contributed by atoms with van der Waals surface area (Å²) in [6, 6.07) is 6.23. The summed E-state index contributed by atoms with van der Waals surface area (Å²) in [4.78, 5) is 1.73. The van der Waals surface area contributed by atoms with Gasteiger partial charge in [-0.05, 0) is 31.7 Å². The molecule has 0 N–H and O–H groups in total. The monoisotopic (exact) mass is 307 g/mol. The molecule has 0 unspecified atom stereocenters. The van der Waals surface area contributed by atoms with Crippen molar-refractivity contribution in [2.45, 2.75) is 17.7 Å². The lowest BCUT2D eigenvalue weighted by molar-refractivity contribution is 0.0977. The van der Waals surface area contributed by atoms with Gasteiger partial charge in [0.1, 0.15) is 5.75 Å². The van der Waals surface area contributed by atoms with Crippen LogP contribution in [0.25, 0.3) is 0 Å². The predicted molar refractivity (Wildman–Crippen MR) is 73.2 cm³/mol. The molecule has 0 aliphatic heterocycles. The molecule has 114 valence electrons. The maximum atomic E-state index is 12.1. The first-order chi connectivity index (χ1) is 9.29. The van der Waals surface area contributed by atoms with Crippen molar-refractivity contribution in [3.63, 3.8) is 0 Å². The topological polar surface area (TPSA) is 46.6 Å². The van der Waals surface area contributed by atoms with Crippen LogP contribution >= 0.6 is 0 Å². The van der Waals surface area contributed by atoms with Crippen molar-refractivity contribution in [1.82, 2.24) is 4.90 Å². The van der Waals surface area contributed by atoms with E-state index >= 15 is 0 Å². The molecule has 0 spiro atoms. The van der Waals surface area contributed by atoms with Crippen molar-refractivity contribution in [2.75, 3.05) is 33.0 Å². The highest BCUT2D eigenvalue weighted by molar-refractivity contribution is 7.90. The first-order valence-electron chi connectivity index (χ1n) is 6.18. The molecule has 7 heteroatoms. The van der Waals surface area contributed by atoms with Gasteiger partial charge in [-0.25, -0.2) is 17.2 Å². The first kappa shape index (κ1) is 16.8. The van der Waals surface area contributed by atoms with Gasteiger partial charge in [0.25, 0.3) is 6.43 Å². The van der Waals surface area contributed by atoms with Crippen LogP contribution in [0.15, 0.2) is 29.2 Å². The lowest BCUT2D eigenvalue weighted by atomic mass is 10.3. The Bertz CT molecular complexity index is 520. The fourth-order valence-corrected chi connectivity index (χ4v) is 2.30. The van der Waals surface area contributed by atoms with Crippen molar-refractivity contribution >= 4 is 9.84 Å². The lowest BCUT2D eigenvalue weighted by Crippen LogP contribution is -2.26. The van der Waals surface area contributed by atoms with Crippen molar-refractivity contribution in [1.29, 1.82) is 0 Å². The third-order valence-corrected chi connectivity index (χ3v) is 3.75. The molecule has 20 heavy (non-hydrogen) atoms. The van der Waals surface area contributed by atoms with Crippen LogP contribution in [0.2, 0.25) is 0 Å². The predicted octanol–water partition coefficient (Wildman–Crippen LogP) is 2.06. The highest BCUT2D eigenvalue weighted by Gasteiger charge is 2.09. The van der Waals surface area contributed by atoms with Gasteiger partial charge in [-0.3, -0.25) is 0 Å². The summed E-state index contributed by atoms with van der Waals surface area (Å²) >= 11 is 0. The number of hydrogen-bond acceptors (Lipinski definition) is 4. The quantitative estimate of drug-likeness (QED) is 0.690. The number of benzene rings is 1. The van der Waals surface area contributed by atoms with Gasteiger partial charge >= 0.3 is 0 Å². The Kier molecular flexibility index (Phi) is 6.35. The van der Waals surface area contributed by atoms with Gasteiger partial charge in [0.05, 0.1) is 18.0 Å². The minimum atomic E-state index is -3.25. The van der Waals surface area contributed by atoms with E-state index in [0.717, 1.165) is 6.26 Å². The molecule has 0 saturated carbocycles. The Labute approximate surface area is 118 Å². The fraction of sp³-hybridized carbons (Fsp3) is 0.538. The number of ether oxygens (including phenoxy) is 1.